The van der Waals surface area contributed by atoms with Crippen molar-refractivity contribution in [1.29, 1.82) is 0 Å². The van der Waals surface area contributed by atoms with Crippen molar-refractivity contribution in [2.24, 2.45) is 5.92 Å². The van der Waals surface area contributed by atoms with Gasteiger partial charge in [0, 0.05) is 32.4 Å². The van der Waals surface area contributed by atoms with Gasteiger partial charge >= 0.3 is 0 Å². The first-order valence-corrected chi connectivity index (χ1v) is 7.07. The van der Waals surface area contributed by atoms with Crippen LogP contribution in [0, 0.1) is 5.92 Å². The molecule has 3 nitrogen and oxygen atoms in total. The summed E-state index contributed by atoms with van der Waals surface area (Å²) >= 11 is 5.90. The summed E-state index contributed by atoms with van der Waals surface area (Å²) < 4.78 is 10.2. The fourth-order valence-electron chi connectivity index (χ4n) is 2.00. The van der Waals surface area contributed by atoms with E-state index >= 15 is 0 Å². The van der Waals surface area contributed by atoms with E-state index in [-0.39, 0.29) is 0 Å². The molecule has 0 spiro atoms. The third kappa shape index (κ3) is 7.53. The molecule has 0 aliphatic heterocycles. The van der Waals surface area contributed by atoms with Crippen molar-refractivity contribution in [3.63, 3.8) is 0 Å². The lowest BCUT2D eigenvalue weighted by Crippen LogP contribution is -2.28. The summed E-state index contributed by atoms with van der Waals surface area (Å²) in [5, 5.41) is 4.21. The Balaban J connectivity index is 2.41. The van der Waals surface area contributed by atoms with Gasteiger partial charge in [-0.25, -0.2) is 0 Å². The molecule has 0 saturated heterocycles. The zero-order chi connectivity index (χ0) is 13.9. The highest BCUT2D eigenvalue weighted by Crippen LogP contribution is 2.15. The van der Waals surface area contributed by atoms with Gasteiger partial charge in [0.1, 0.15) is 0 Å². The number of rotatable bonds is 10. The fraction of sp³-hybridized carbons (Fsp3) is 0.600. The molecule has 0 aromatic heterocycles. The lowest BCUT2D eigenvalue weighted by Gasteiger charge is -2.17. The molecule has 0 aliphatic rings. The molecule has 0 amide bonds. The van der Waals surface area contributed by atoms with E-state index in [0.29, 0.717) is 5.92 Å². The third-order valence-electron chi connectivity index (χ3n) is 3.08. The van der Waals surface area contributed by atoms with Crippen LogP contribution in [-0.2, 0) is 15.9 Å². The van der Waals surface area contributed by atoms with Crippen LogP contribution in [0.4, 0.5) is 0 Å². The van der Waals surface area contributed by atoms with Crippen LogP contribution in [0.2, 0.25) is 5.02 Å². The van der Waals surface area contributed by atoms with Crippen molar-refractivity contribution in [2.45, 2.75) is 12.8 Å². The largest absolute Gasteiger partial charge is 0.385 e. The number of methoxy groups -OCH3 is 2. The number of halogens is 1. The predicted molar refractivity (Wildman–Crippen MR) is 79.9 cm³/mol. The number of nitrogens with one attached hydrogen (secondary N) is 1. The maximum Gasteiger partial charge on any atom is 0.0587 e. The molecule has 1 rings (SSSR count). The Kier molecular flexibility index (Phi) is 8.84. The van der Waals surface area contributed by atoms with E-state index in [4.69, 9.17) is 21.1 Å². The Hall–Kier alpha value is -0.610. The van der Waals surface area contributed by atoms with Crippen LogP contribution in [0.3, 0.4) is 0 Å². The molecule has 1 aromatic carbocycles. The van der Waals surface area contributed by atoms with Crippen molar-refractivity contribution in [2.75, 3.05) is 40.5 Å². The van der Waals surface area contributed by atoms with E-state index in [2.05, 4.69) is 17.4 Å². The summed E-state index contributed by atoms with van der Waals surface area (Å²) in [4.78, 5) is 0. The Bertz CT molecular complexity index is 329. The molecule has 0 heterocycles. The summed E-state index contributed by atoms with van der Waals surface area (Å²) in [6.07, 6.45) is 2.10. The summed E-state index contributed by atoms with van der Waals surface area (Å²) in [7, 11) is 3.47. The fourth-order valence-corrected chi connectivity index (χ4v) is 2.12. The molecule has 4 heteroatoms. The first kappa shape index (κ1) is 16.4. The molecule has 1 aromatic rings. The second-order valence-corrected chi connectivity index (χ2v) is 5.11. The van der Waals surface area contributed by atoms with Crippen molar-refractivity contribution in [3.8, 4) is 0 Å². The molecule has 1 unspecified atom stereocenters. The smallest absolute Gasteiger partial charge is 0.0587 e. The average Bonchev–Trinajstić information content (AvgIpc) is 2.43. The van der Waals surface area contributed by atoms with Crippen molar-refractivity contribution >= 4 is 11.6 Å². The van der Waals surface area contributed by atoms with Crippen LogP contribution < -0.4 is 5.32 Å². The highest BCUT2D eigenvalue weighted by molar-refractivity contribution is 6.30. The van der Waals surface area contributed by atoms with E-state index in [0.717, 1.165) is 44.2 Å². The Morgan fingerprint density at radius 3 is 2.42 bits per heavy atom. The van der Waals surface area contributed by atoms with E-state index in [1.54, 1.807) is 14.2 Å². The molecule has 108 valence electrons. The van der Waals surface area contributed by atoms with Crippen LogP contribution in [0.1, 0.15) is 12.0 Å². The van der Waals surface area contributed by atoms with E-state index in [1.807, 2.05) is 12.1 Å². The first-order chi connectivity index (χ1) is 9.26. The van der Waals surface area contributed by atoms with E-state index < -0.39 is 0 Å². The molecule has 1 N–H and O–H groups in total. The molecule has 0 bridgehead atoms. The van der Waals surface area contributed by atoms with Crippen LogP contribution in [-0.4, -0.2) is 40.5 Å². The Morgan fingerprint density at radius 1 is 1.11 bits per heavy atom. The Morgan fingerprint density at radius 2 is 1.79 bits per heavy atom. The van der Waals surface area contributed by atoms with Gasteiger partial charge in [-0.15, -0.1) is 0 Å². The normalized spacial score (nSPS) is 12.6. The average molecular weight is 286 g/mol. The van der Waals surface area contributed by atoms with Gasteiger partial charge in [0.25, 0.3) is 0 Å². The van der Waals surface area contributed by atoms with Gasteiger partial charge in [-0.05, 0) is 43.0 Å². The standard InChI is InChI=1S/C15H24ClNO2/c1-18-9-7-14(12-17-8-10-19-2)11-13-3-5-15(16)6-4-13/h3-6,14,17H,7-12H2,1-2H3. The second-order valence-electron chi connectivity index (χ2n) is 4.68. The van der Waals surface area contributed by atoms with Gasteiger partial charge in [0.05, 0.1) is 6.61 Å². The zero-order valence-corrected chi connectivity index (χ0v) is 12.6. The number of benzene rings is 1. The quantitative estimate of drug-likeness (QED) is 0.671. The molecule has 0 aliphatic carbocycles. The first-order valence-electron chi connectivity index (χ1n) is 6.69. The van der Waals surface area contributed by atoms with Gasteiger partial charge < -0.3 is 14.8 Å². The number of hydrogen-bond donors (Lipinski definition) is 1. The molecule has 1 atom stereocenters. The Labute approximate surface area is 121 Å². The maximum atomic E-state index is 5.90. The summed E-state index contributed by atoms with van der Waals surface area (Å²) in [6.45, 7) is 3.41. The van der Waals surface area contributed by atoms with Gasteiger partial charge in [0.15, 0.2) is 0 Å². The molecule has 19 heavy (non-hydrogen) atoms. The minimum absolute atomic E-state index is 0.568. The number of ether oxygens (including phenoxy) is 2. The van der Waals surface area contributed by atoms with E-state index in [9.17, 15) is 0 Å². The zero-order valence-electron chi connectivity index (χ0n) is 11.8. The summed E-state index contributed by atoms with van der Waals surface area (Å²) in [6, 6.07) is 8.08. The SMILES string of the molecule is COCCNCC(CCOC)Cc1ccc(Cl)cc1. The minimum atomic E-state index is 0.568. The van der Waals surface area contributed by atoms with Crippen LogP contribution in [0.5, 0.6) is 0 Å². The lowest BCUT2D eigenvalue weighted by molar-refractivity contribution is 0.172. The van der Waals surface area contributed by atoms with Crippen LogP contribution >= 0.6 is 11.6 Å². The summed E-state index contributed by atoms with van der Waals surface area (Å²) in [5.74, 6) is 0.568. The highest BCUT2D eigenvalue weighted by atomic mass is 35.5. The monoisotopic (exact) mass is 285 g/mol. The third-order valence-corrected chi connectivity index (χ3v) is 3.34. The molecular formula is C15H24ClNO2. The number of hydrogen-bond acceptors (Lipinski definition) is 3. The van der Waals surface area contributed by atoms with Crippen molar-refractivity contribution < 1.29 is 9.47 Å². The second kappa shape index (κ2) is 10.2. The van der Waals surface area contributed by atoms with Crippen molar-refractivity contribution in [3.05, 3.63) is 34.9 Å². The molecule has 0 radical (unpaired) electrons. The maximum absolute atomic E-state index is 5.90. The molecule has 0 fully saturated rings. The predicted octanol–water partition coefficient (Wildman–Crippen LogP) is 2.77. The lowest BCUT2D eigenvalue weighted by atomic mass is 9.96. The van der Waals surface area contributed by atoms with Crippen LogP contribution in [0.25, 0.3) is 0 Å². The van der Waals surface area contributed by atoms with E-state index in [1.165, 1.54) is 5.56 Å². The molecular weight excluding hydrogens is 262 g/mol. The van der Waals surface area contributed by atoms with Crippen molar-refractivity contribution in [1.82, 2.24) is 5.32 Å². The topological polar surface area (TPSA) is 30.5 Å². The summed E-state index contributed by atoms with van der Waals surface area (Å²) in [5.41, 5.74) is 1.32. The van der Waals surface area contributed by atoms with Gasteiger partial charge in [-0.2, -0.15) is 0 Å². The van der Waals surface area contributed by atoms with Gasteiger partial charge in [-0.3, -0.25) is 0 Å². The molecule has 0 saturated carbocycles. The minimum Gasteiger partial charge on any atom is -0.385 e. The van der Waals surface area contributed by atoms with Gasteiger partial charge in [0.2, 0.25) is 0 Å². The highest BCUT2D eigenvalue weighted by Gasteiger charge is 2.09. The van der Waals surface area contributed by atoms with Gasteiger partial charge in [-0.1, -0.05) is 23.7 Å². The van der Waals surface area contributed by atoms with Crippen LogP contribution in [0.15, 0.2) is 24.3 Å².